The second kappa shape index (κ2) is 11.8. The number of piperidine rings is 1. The normalized spacial score (nSPS) is 22.6. The fourth-order valence-electron chi connectivity index (χ4n) is 6.49. The van der Waals surface area contributed by atoms with E-state index in [1.54, 1.807) is 48.5 Å². The Labute approximate surface area is 263 Å². The van der Waals surface area contributed by atoms with E-state index in [2.05, 4.69) is 15.3 Å². The molecule has 8 nitrogen and oxygen atoms in total. The van der Waals surface area contributed by atoms with Crippen LogP contribution in [0.1, 0.15) is 43.9 Å². The van der Waals surface area contributed by atoms with Gasteiger partial charge in [0.2, 0.25) is 0 Å². The van der Waals surface area contributed by atoms with Crippen LogP contribution in [0.3, 0.4) is 0 Å². The van der Waals surface area contributed by atoms with Gasteiger partial charge in [-0.25, -0.2) is 4.79 Å². The van der Waals surface area contributed by atoms with E-state index in [0.717, 1.165) is 11.1 Å². The fourth-order valence-corrected chi connectivity index (χ4v) is 6.74. The minimum absolute atomic E-state index is 0.252. The molecule has 2 amide bonds. The van der Waals surface area contributed by atoms with Gasteiger partial charge in [0, 0.05) is 33.3 Å². The molecule has 10 heteroatoms. The molecule has 1 saturated heterocycles. The van der Waals surface area contributed by atoms with Crippen LogP contribution in [0.25, 0.3) is 0 Å². The maximum Gasteiger partial charge on any atom is 0.370 e. The fraction of sp³-hybridized carbons (Fsp3) is 0.147. The number of halogens is 2. The summed E-state index contributed by atoms with van der Waals surface area (Å²) in [5, 5.41) is 4.53. The number of nitrogens with two attached hydrogens (primary N) is 2. The molecule has 44 heavy (non-hydrogen) atoms. The highest BCUT2D eigenvalue weighted by molar-refractivity contribution is 6.31. The van der Waals surface area contributed by atoms with E-state index in [1.807, 2.05) is 60.7 Å². The molecule has 4 aromatic carbocycles. The number of nitrogens with one attached hydrogen (secondary N) is 1. The number of Topliss-reactive ketones (excluding diaryl/α,β-unsaturated/α-hetero) is 2. The van der Waals surface area contributed by atoms with Crippen molar-refractivity contribution in [3.05, 3.63) is 141 Å². The van der Waals surface area contributed by atoms with E-state index in [0.29, 0.717) is 21.2 Å². The number of aliphatic imine (C=N–C) groups is 2. The van der Waals surface area contributed by atoms with Gasteiger partial charge in [-0.2, -0.15) is 9.98 Å². The van der Waals surface area contributed by atoms with Crippen molar-refractivity contribution < 1.29 is 14.4 Å². The van der Waals surface area contributed by atoms with Crippen LogP contribution < -0.4 is 16.8 Å². The summed E-state index contributed by atoms with van der Waals surface area (Å²) in [5.74, 6) is -3.58. The number of amides is 2. The van der Waals surface area contributed by atoms with Gasteiger partial charge in [0.1, 0.15) is 17.1 Å². The molecule has 1 fully saturated rings. The lowest BCUT2D eigenvalue weighted by molar-refractivity contribution is 0.0461. The van der Waals surface area contributed by atoms with Gasteiger partial charge >= 0.3 is 6.03 Å². The van der Waals surface area contributed by atoms with Crippen LogP contribution in [0, 0.1) is 17.3 Å². The zero-order valence-electron chi connectivity index (χ0n) is 23.2. The molecule has 0 aromatic heterocycles. The number of rotatable bonds is 6. The third kappa shape index (κ3) is 5.01. The van der Waals surface area contributed by atoms with Crippen molar-refractivity contribution in [1.29, 1.82) is 0 Å². The lowest BCUT2D eigenvalue weighted by Gasteiger charge is -2.54. The standard InChI is InChI=1S/C34H27Cl2N5O3/c35-23-15-11-21(12-16-23)29(42)25-27(19-7-3-1-4-8-19)39-28(20-9-5-2-6-10-20)26(30(43)22-13-17-24(36)18-14-22)34(25)31(37)40-33(44)41-32(34)38/h1-18,25-28,39H,(H4,37,38,40,41,44). The molecule has 2 aliphatic heterocycles. The third-order valence-electron chi connectivity index (χ3n) is 8.43. The minimum atomic E-state index is -1.81. The minimum Gasteiger partial charge on any atom is -0.386 e. The van der Waals surface area contributed by atoms with Gasteiger partial charge < -0.3 is 16.8 Å². The molecule has 0 aliphatic carbocycles. The van der Waals surface area contributed by atoms with E-state index in [1.165, 1.54) is 0 Å². The summed E-state index contributed by atoms with van der Waals surface area (Å²) in [6.45, 7) is 0. The van der Waals surface area contributed by atoms with Gasteiger partial charge in [-0.3, -0.25) is 9.59 Å². The third-order valence-corrected chi connectivity index (χ3v) is 8.93. The van der Waals surface area contributed by atoms with E-state index < -0.39 is 35.4 Å². The summed E-state index contributed by atoms with van der Waals surface area (Å²) in [5.41, 5.74) is 13.8. The monoisotopic (exact) mass is 623 g/mol. The molecule has 220 valence electrons. The lowest BCUT2D eigenvalue weighted by atomic mass is 9.52. The smallest absolute Gasteiger partial charge is 0.370 e. The first-order valence-corrected chi connectivity index (χ1v) is 14.7. The molecule has 0 saturated carbocycles. The number of hydrogen-bond donors (Lipinski definition) is 3. The largest absolute Gasteiger partial charge is 0.386 e. The van der Waals surface area contributed by atoms with Crippen molar-refractivity contribution in [1.82, 2.24) is 5.32 Å². The Balaban J connectivity index is 1.69. The number of ketones is 2. The number of hydrogen-bond acceptors (Lipinski definition) is 6. The maximum absolute atomic E-state index is 14.8. The van der Waals surface area contributed by atoms with E-state index in [-0.39, 0.29) is 23.2 Å². The van der Waals surface area contributed by atoms with E-state index in [4.69, 9.17) is 34.7 Å². The van der Waals surface area contributed by atoms with Crippen LogP contribution in [0.15, 0.2) is 119 Å². The summed E-state index contributed by atoms with van der Waals surface area (Å²) in [7, 11) is 0. The zero-order chi connectivity index (χ0) is 31.0. The quantitative estimate of drug-likeness (QED) is 0.218. The number of carbonyl (C=O) groups excluding carboxylic acids is 3. The van der Waals surface area contributed by atoms with Gasteiger partial charge in [-0.05, 0) is 59.7 Å². The van der Waals surface area contributed by atoms with Gasteiger partial charge in [-0.1, -0.05) is 83.9 Å². The van der Waals surface area contributed by atoms with Gasteiger partial charge in [-0.15, -0.1) is 0 Å². The van der Waals surface area contributed by atoms with Gasteiger partial charge in [0.25, 0.3) is 0 Å². The second-order valence-electron chi connectivity index (χ2n) is 10.8. The van der Waals surface area contributed by atoms with Crippen molar-refractivity contribution in [2.24, 2.45) is 38.7 Å². The lowest BCUT2D eigenvalue weighted by Crippen LogP contribution is -2.69. The average Bonchev–Trinajstić information content (AvgIpc) is 3.03. The molecule has 4 aromatic rings. The predicted molar refractivity (Wildman–Crippen MR) is 171 cm³/mol. The molecule has 2 heterocycles. The highest BCUT2D eigenvalue weighted by Gasteiger charge is 2.66. The maximum atomic E-state index is 14.8. The molecule has 0 bridgehead atoms. The van der Waals surface area contributed by atoms with Crippen molar-refractivity contribution in [3.63, 3.8) is 0 Å². The Kier molecular flexibility index (Phi) is 7.90. The summed E-state index contributed by atoms with van der Waals surface area (Å²) in [4.78, 5) is 50.4. The van der Waals surface area contributed by atoms with E-state index >= 15 is 0 Å². The highest BCUT2D eigenvalue weighted by atomic mass is 35.5. The number of amidine groups is 2. The Morgan fingerprint density at radius 2 is 0.977 bits per heavy atom. The summed E-state index contributed by atoms with van der Waals surface area (Å²) in [6, 6.07) is 29.1. The molecule has 4 unspecified atom stereocenters. The van der Waals surface area contributed by atoms with Crippen LogP contribution in [0.2, 0.25) is 10.0 Å². The Bertz CT molecular complexity index is 1660. The molecule has 6 rings (SSSR count). The van der Waals surface area contributed by atoms with Crippen molar-refractivity contribution >= 4 is 52.5 Å². The topological polar surface area (TPSA) is 140 Å². The van der Waals surface area contributed by atoms with Crippen molar-refractivity contribution in [3.8, 4) is 0 Å². The molecule has 0 radical (unpaired) electrons. The summed E-state index contributed by atoms with van der Waals surface area (Å²) < 4.78 is 0. The Hall–Kier alpha value is -4.63. The molecule has 4 atom stereocenters. The van der Waals surface area contributed by atoms with Crippen LogP contribution in [0.4, 0.5) is 4.79 Å². The molecule has 5 N–H and O–H groups in total. The van der Waals surface area contributed by atoms with Crippen molar-refractivity contribution in [2.75, 3.05) is 0 Å². The summed E-state index contributed by atoms with van der Waals surface area (Å²) in [6.07, 6.45) is 0. The van der Waals surface area contributed by atoms with E-state index in [9.17, 15) is 14.4 Å². The number of carbonyl (C=O) groups is 3. The van der Waals surface area contributed by atoms with Crippen LogP contribution in [0.5, 0.6) is 0 Å². The van der Waals surface area contributed by atoms with Crippen LogP contribution >= 0.6 is 23.2 Å². The first-order chi connectivity index (χ1) is 21.2. The Morgan fingerprint density at radius 3 is 1.34 bits per heavy atom. The van der Waals surface area contributed by atoms with Crippen LogP contribution in [-0.2, 0) is 0 Å². The number of nitrogens with zero attached hydrogens (tertiary/aromatic N) is 2. The van der Waals surface area contributed by atoms with Crippen molar-refractivity contribution in [2.45, 2.75) is 12.1 Å². The second-order valence-corrected chi connectivity index (χ2v) is 11.7. The highest BCUT2D eigenvalue weighted by Crippen LogP contribution is 2.55. The first kappa shape index (κ1) is 29.4. The average molecular weight is 625 g/mol. The number of benzene rings is 4. The molecular weight excluding hydrogens is 597 g/mol. The first-order valence-electron chi connectivity index (χ1n) is 13.9. The Morgan fingerprint density at radius 1 is 0.614 bits per heavy atom. The van der Waals surface area contributed by atoms with Crippen LogP contribution in [-0.4, -0.2) is 29.3 Å². The van der Waals surface area contributed by atoms with Gasteiger partial charge in [0.15, 0.2) is 11.6 Å². The predicted octanol–water partition coefficient (Wildman–Crippen LogP) is 6.21. The molecular formula is C34H27Cl2N5O3. The molecule has 1 spiro atoms. The zero-order valence-corrected chi connectivity index (χ0v) is 24.7. The summed E-state index contributed by atoms with van der Waals surface area (Å²) >= 11 is 12.3. The number of urea groups is 1. The van der Waals surface area contributed by atoms with Gasteiger partial charge in [0.05, 0.1) is 11.8 Å². The molecule has 2 aliphatic rings. The SMILES string of the molecule is NC1=NC(=O)N=C(N)C12C(C(=O)c1ccc(Cl)cc1)C(c1ccccc1)NC(c1ccccc1)C2C(=O)c1ccc(Cl)cc1.